The maximum absolute atomic E-state index is 10.7. The predicted molar refractivity (Wildman–Crippen MR) is 120 cm³/mol. The lowest BCUT2D eigenvalue weighted by atomic mass is 9.81. The molecule has 0 aromatic rings. The molecule has 0 aromatic carbocycles. The van der Waals surface area contributed by atoms with Gasteiger partial charge in [-0.3, -0.25) is 0 Å². The Kier molecular flexibility index (Phi) is 9.63. The minimum atomic E-state index is -1.81. The van der Waals surface area contributed by atoms with Gasteiger partial charge in [-0.05, 0) is 76.9 Å². The van der Waals surface area contributed by atoms with Gasteiger partial charge in [-0.1, -0.05) is 20.8 Å². The molecule has 0 spiro atoms. The highest BCUT2D eigenvalue weighted by molar-refractivity contribution is 6.74. The molecule has 0 amide bonds. The zero-order chi connectivity index (χ0) is 21.7. The van der Waals surface area contributed by atoms with Crippen molar-refractivity contribution in [1.82, 2.24) is 0 Å². The van der Waals surface area contributed by atoms with E-state index in [9.17, 15) is 5.11 Å². The third-order valence-electron chi connectivity index (χ3n) is 7.15. The number of hydrogen-bond donors (Lipinski definition) is 1. The van der Waals surface area contributed by atoms with Gasteiger partial charge >= 0.3 is 0 Å². The highest BCUT2D eigenvalue weighted by Gasteiger charge is 2.45. The van der Waals surface area contributed by atoms with Crippen LogP contribution in [0.2, 0.25) is 18.1 Å². The van der Waals surface area contributed by atoms with Crippen LogP contribution in [0.1, 0.15) is 79.6 Å². The Morgan fingerprint density at radius 3 is 2.48 bits per heavy atom. The normalized spacial score (nSPS) is 32.5. The SMILES string of the molecule is CCOC(C)OCCC[C@@H]1O[C@H]2CCC[C@@H](O[Si](C)(C)C(C)(C)C)[C@@H]2CC[C@H]1O. The number of hydrogen-bond acceptors (Lipinski definition) is 5. The summed E-state index contributed by atoms with van der Waals surface area (Å²) in [6, 6.07) is 0. The molecular formula is C23H46O5Si. The Hall–Kier alpha value is 0.0169. The Morgan fingerprint density at radius 2 is 1.83 bits per heavy atom. The molecule has 0 aromatic heterocycles. The molecule has 5 nitrogen and oxygen atoms in total. The Bertz CT molecular complexity index is 478. The van der Waals surface area contributed by atoms with Crippen LogP contribution in [-0.2, 0) is 18.6 Å². The van der Waals surface area contributed by atoms with Gasteiger partial charge in [-0.15, -0.1) is 0 Å². The molecule has 2 fully saturated rings. The summed E-state index contributed by atoms with van der Waals surface area (Å²) in [5, 5.41) is 10.9. The zero-order valence-corrected chi connectivity index (χ0v) is 20.9. The van der Waals surface area contributed by atoms with Gasteiger partial charge in [0.15, 0.2) is 14.6 Å². The summed E-state index contributed by atoms with van der Waals surface area (Å²) in [6.07, 6.45) is 6.70. The summed E-state index contributed by atoms with van der Waals surface area (Å²) in [7, 11) is -1.81. The molecule has 6 atom stereocenters. The fourth-order valence-electron chi connectivity index (χ4n) is 4.37. The lowest BCUT2D eigenvalue weighted by molar-refractivity contribution is -0.134. The molecule has 1 saturated carbocycles. The highest BCUT2D eigenvalue weighted by Crippen LogP contribution is 2.43. The van der Waals surface area contributed by atoms with E-state index in [2.05, 4.69) is 33.9 Å². The van der Waals surface area contributed by atoms with Gasteiger partial charge in [0.2, 0.25) is 0 Å². The second-order valence-corrected chi connectivity index (χ2v) is 15.2. The van der Waals surface area contributed by atoms with E-state index in [0.717, 1.165) is 44.9 Å². The van der Waals surface area contributed by atoms with Crippen LogP contribution in [0.4, 0.5) is 0 Å². The van der Waals surface area contributed by atoms with E-state index in [1.54, 1.807) is 0 Å². The van der Waals surface area contributed by atoms with E-state index in [1.165, 1.54) is 0 Å². The molecule has 1 saturated heterocycles. The van der Waals surface area contributed by atoms with E-state index >= 15 is 0 Å². The standard InChI is InChI=1S/C23H46O5Si/c1-8-25-17(2)26-16-10-13-22-19(24)15-14-18-20(27-22)11-9-12-21(18)28-29(6,7)23(3,4)5/h17-22,24H,8-16H2,1-7H3/t17?,18-,19-,20+,21-,22+/m1/s1. The summed E-state index contributed by atoms with van der Waals surface area (Å²) in [5.74, 6) is 0.409. The Labute approximate surface area is 180 Å². The first-order valence-electron chi connectivity index (χ1n) is 11.8. The van der Waals surface area contributed by atoms with Crippen LogP contribution in [0, 0.1) is 5.92 Å². The molecule has 6 heteroatoms. The molecular weight excluding hydrogens is 384 g/mol. The van der Waals surface area contributed by atoms with Gasteiger partial charge in [0, 0.05) is 19.1 Å². The molecule has 2 aliphatic rings. The number of aliphatic hydroxyl groups is 1. The van der Waals surface area contributed by atoms with E-state index in [-0.39, 0.29) is 29.6 Å². The first kappa shape index (κ1) is 25.3. The molecule has 1 aliphatic carbocycles. The van der Waals surface area contributed by atoms with Gasteiger partial charge in [-0.2, -0.15) is 0 Å². The maximum atomic E-state index is 10.7. The number of ether oxygens (including phenoxy) is 3. The summed E-state index contributed by atoms with van der Waals surface area (Å²) in [4.78, 5) is 0. The quantitative estimate of drug-likeness (QED) is 0.307. The second kappa shape index (κ2) is 11.1. The Balaban J connectivity index is 1.91. The van der Waals surface area contributed by atoms with E-state index < -0.39 is 14.4 Å². The van der Waals surface area contributed by atoms with Crippen molar-refractivity contribution in [3.63, 3.8) is 0 Å². The number of fused-ring (bicyclic) bond motifs is 1. The Morgan fingerprint density at radius 1 is 1.10 bits per heavy atom. The fourth-order valence-corrected chi connectivity index (χ4v) is 5.77. The minimum Gasteiger partial charge on any atom is -0.414 e. The van der Waals surface area contributed by atoms with Crippen molar-refractivity contribution < 1.29 is 23.7 Å². The van der Waals surface area contributed by atoms with E-state index in [4.69, 9.17) is 18.6 Å². The molecule has 0 radical (unpaired) electrons. The monoisotopic (exact) mass is 430 g/mol. The third kappa shape index (κ3) is 7.29. The average Bonchev–Trinajstić information content (AvgIpc) is 2.78. The molecule has 0 bridgehead atoms. The third-order valence-corrected chi connectivity index (χ3v) is 11.7. The van der Waals surface area contributed by atoms with Gasteiger partial charge < -0.3 is 23.7 Å². The topological polar surface area (TPSA) is 57.2 Å². The van der Waals surface area contributed by atoms with Crippen molar-refractivity contribution in [3.05, 3.63) is 0 Å². The van der Waals surface area contributed by atoms with Crippen molar-refractivity contribution in [2.45, 2.75) is 128 Å². The average molecular weight is 431 g/mol. The van der Waals surface area contributed by atoms with Gasteiger partial charge in [0.25, 0.3) is 0 Å². The van der Waals surface area contributed by atoms with Crippen LogP contribution in [-0.4, -0.2) is 57.3 Å². The van der Waals surface area contributed by atoms with Crippen LogP contribution in [0.5, 0.6) is 0 Å². The first-order valence-corrected chi connectivity index (χ1v) is 14.7. The van der Waals surface area contributed by atoms with E-state index in [1.807, 2.05) is 13.8 Å². The lowest BCUT2D eigenvalue weighted by Crippen LogP contribution is -2.49. The number of aliphatic hydroxyl groups excluding tert-OH is 1. The fraction of sp³-hybridized carbons (Fsp3) is 1.00. The summed E-state index contributed by atoms with van der Waals surface area (Å²) in [6.45, 7) is 16.8. The molecule has 1 heterocycles. The highest BCUT2D eigenvalue weighted by atomic mass is 28.4. The zero-order valence-electron chi connectivity index (χ0n) is 19.9. The van der Waals surface area contributed by atoms with Gasteiger partial charge in [-0.25, -0.2) is 0 Å². The molecule has 2 rings (SSSR count). The van der Waals surface area contributed by atoms with Crippen LogP contribution >= 0.6 is 0 Å². The maximum Gasteiger partial charge on any atom is 0.192 e. The lowest BCUT2D eigenvalue weighted by Gasteiger charge is -2.45. The molecule has 1 N–H and O–H groups in total. The van der Waals surface area contributed by atoms with Gasteiger partial charge in [0.05, 0.1) is 24.4 Å². The molecule has 1 aliphatic heterocycles. The second-order valence-electron chi connectivity index (χ2n) is 10.4. The summed E-state index contributed by atoms with van der Waals surface area (Å²) >= 11 is 0. The molecule has 29 heavy (non-hydrogen) atoms. The van der Waals surface area contributed by atoms with Crippen molar-refractivity contribution >= 4 is 8.32 Å². The predicted octanol–water partition coefficient (Wildman–Crippen LogP) is 5.26. The summed E-state index contributed by atoms with van der Waals surface area (Å²) < 4.78 is 24.4. The number of rotatable bonds is 9. The van der Waals surface area contributed by atoms with Crippen LogP contribution in [0.25, 0.3) is 0 Å². The van der Waals surface area contributed by atoms with Crippen LogP contribution < -0.4 is 0 Å². The van der Waals surface area contributed by atoms with Crippen molar-refractivity contribution in [2.75, 3.05) is 13.2 Å². The van der Waals surface area contributed by atoms with Crippen LogP contribution in [0.15, 0.2) is 0 Å². The largest absolute Gasteiger partial charge is 0.414 e. The minimum absolute atomic E-state index is 0.0948. The van der Waals surface area contributed by atoms with Crippen molar-refractivity contribution in [2.24, 2.45) is 5.92 Å². The van der Waals surface area contributed by atoms with Crippen LogP contribution in [0.3, 0.4) is 0 Å². The van der Waals surface area contributed by atoms with Crippen molar-refractivity contribution in [3.8, 4) is 0 Å². The van der Waals surface area contributed by atoms with Gasteiger partial charge in [0.1, 0.15) is 0 Å². The smallest absolute Gasteiger partial charge is 0.192 e. The van der Waals surface area contributed by atoms with E-state index in [0.29, 0.717) is 19.1 Å². The summed E-state index contributed by atoms with van der Waals surface area (Å²) in [5.41, 5.74) is 0. The van der Waals surface area contributed by atoms with Crippen molar-refractivity contribution in [1.29, 1.82) is 0 Å². The first-order chi connectivity index (χ1) is 13.5. The molecule has 1 unspecified atom stereocenters. The molecule has 172 valence electrons.